The van der Waals surface area contributed by atoms with Crippen LogP contribution in [0, 0.1) is 27.7 Å². The van der Waals surface area contributed by atoms with Crippen molar-refractivity contribution >= 4 is 25.4 Å². The van der Waals surface area contributed by atoms with Gasteiger partial charge in [0.25, 0.3) is 0 Å². The smallest absolute Gasteiger partial charge is 0.497 e. The van der Waals surface area contributed by atoms with Crippen LogP contribution in [0.25, 0.3) is 0 Å². The standard InChI is InChI=1S/C35H39N2O8P/c1-23-13-11-14-24(2)30(23)44-46(40,45-31-25(3)15-12-16-26(31)4)37-35(34(39)43-7,27-17-9-8-10-18-27)32(33(38)42-6)36-28-19-21-29(41-5)22-20-28/h8-22,32,36H,1-7H3,(H,37,40). The zero-order valence-electron chi connectivity index (χ0n) is 27.0. The van der Waals surface area contributed by atoms with Crippen molar-refractivity contribution in [2.75, 3.05) is 26.6 Å². The van der Waals surface area contributed by atoms with E-state index in [9.17, 15) is 9.59 Å². The normalized spacial score (nSPS) is 13.1. The second-order valence-electron chi connectivity index (χ2n) is 10.7. The van der Waals surface area contributed by atoms with Gasteiger partial charge in [0, 0.05) is 5.69 Å². The van der Waals surface area contributed by atoms with Crippen molar-refractivity contribution in [3.05, 3.63) is 119 Å². The molecule has 0 aliphatic carbocycles. The van der Waals surface area contributed by atoms with Crippen molar-refractivity contribution < 1.29 is 37.4 Å². The Morgan fingerprint density at radius 1 is 0.674 bits per heavy atom. The number of nitrogens with one attached hydrogen (secondary N) is 2. The molecule has 242 valence electrons. The van der Waals surface area contributed by atoms with E-state index >= 15 is 4.57 Å². The van der Waals surface area contributed by atoms with Crippen LogP contribution in [0.2, 0.25) is 0 Å². The fourth-order valence-corrected chi connectivity index (χ4v) is 7.13. The molecule has 2 unspecified atom stereocenters. The second kappa shape index (κ2) is 14.5. The zero-order valence-corrected chi connectivity index (χ0v) is 27.8. The first-order valence-electron chi connectivity index (χ1n) is 14.5. The third kappa shape index (κ3) is 7.19. The number of carbonyl (C=O) groups is 2. The number of hydrogen-bond acceptors (Lipinski definition) is 9. The largest absolute Gasteiger partial charge is 0.514 e. The number of hydrogen-bond donors (Lipinski definition) is 2. The summed E-state index contributed by atoms with van der Waals surface area (Å²) < 4.78 is 43.9. The molecule has 0 amide bonds. The molecule has 0 heterocycles. The summed E-state index contributed by atoms with van der Waals surface area (Å²) >= 11 is 0. The molecule has 0 saturated heterocycles. The van der Waals surface area contributed by atoms with E-state index in [1.54, 1.807) is 107 Å². The summed E-state index contributed by atoms with van der Waals surface area (Å²) in [6.45, 7) is 7.22. The average molecular weight is 647 g/mol. The van der Waals surface area contributed by atoms with E-state index in [0.29, 0.717) is 33.7 Å². The van der Waals surface area contributed by atoms with Crippen LogP contribution in [0.1, 0.15) is 27.8 Å². The Morgan fingerprint density at radius 2 is 1.17 bits per heavy atom. The minimum Gasteiger partial charge on any atom is -0.497 e. The molecule has 0 bridgehead atoms. The van der Waals surface area contributed by atoms with Crippen LogP contribution in [0.3, 0.4) is 0 Å². The third-order valence-corrected chi connectivity index (χ3v) is 9.03. The molecule has 0 aliphatic heterocycles. The fraction of sp³-hybridized carbons (Fsp3) is 0.257. The van der Waals surface area contributed by atoms with E-state index in [1.807, 2.05) is 12.1 Å². The van der Waals surface area contributed by atoms with Crippen molar-refractivity contribution in [3.8, 4) is 17.2 Å². The van der Waals surface area contributed by atoms with Gasteiger partial charge in [-0.25, -0.2) is 14.2 Å². The van der Waals surface area contributed by atoms with Gasteiger partial charge in [0.05, 0.1) is 21.3 Å². The quantitative estimate of drug-likeness (QED) is 0.118. The molecule has 0 aliphatic rings. The lowest BCUT2D eigenvalue weighted by Crippen LogP contribution is -2.63. The van der Waals surface area contributed by atoms with Crippen LogP contribution in [-0.2, 0) is 29.2 Å². The van der Waals surface area contributed by atoms with Crippen LogP contribution < -0.4 is 24.2 Å². The van der Waals surface area contributed by atoms with Crippen molar-refractivity contribution in [3.63, 3.8) is 0 Å². The first kappa shape index (κ1) is 34.1. The second-order valence-corrected chi connectivity index (χ2v) is 12.3. The Hall–Kier alpha value is -4.79. The molecule has 11 heteroatoms. The molecule has 10 nitrogen and oxygen atoms in total. The predicted octanol–water partition coefficient (Wildman–Crippen LogP) is 6.81. The fourth-order valence-electron chi connectivity index (χ4n) is 5.16. The zero-order chi connectivity index (χ0) is 33.5. The molecule has 4 aromatic rings. The van der Waals surface area contributed by atoms with E-state index in [-0.39, 0.29) is 17.1 Å². The van der Waals surface area contributed by atoms with Crippen molar-refractivity contribution in [1.29, 1.82) is 0 Å². The molecule has 0 radical (unpaired) electrons. The highest BCUT2D eigenvalue weighted by atomic mass is 31.2. The minimum atomic E-state index is -4.67. The van der Waals surface area contributed by atoms with Gasteiger partial charge in [-0.1, -0.05) is 66.7 Å². The van der Waals surface area contributed by atoms with Gasteiger partial charge in [0.2, 0.25) is 0 Å². The monoisotopic (exact) mass is 646 g/mol. The van der Waals surface area contributed by atoms with E-state index in [1.165, 1.54) is 21.3 Å². The van der Waals surface area contributed by atoms with E-state index < -0.39 is 31.3 Å². The first-order valence-corrected chi connectivity index (χ1v) is 16.1. The number of methoxy groups -OCH3 is 3. The van der Waals surface area contributed by atoms with Gasteiger partial charge in [-0.2, -0.15) is 5.09 Å². The number of esters is 2. The van der Waals surface area contributed by atoms with Crippen molar-refractivity contribution in [2.45, 2.75) is 39.3 Å². The predicted molar refractivity (Wildman–Crippen MR) is 176 cm³/mol. The number of rotatable bonds is 13. The van der Waals surface area contributed by atoms with Crippen LogP contribution in [0.15, 0.2) is 91.0 Å². The summed E-state index contributed by atoms with van der Waals surface area (Å²) in [4.78, 5) is 28.0. The van der Waals surface area contributed by atoms with Gasteiger partial charge in [-0.15, -0.1) is 0 Å². The molecule has 4 aromatic carbocycles. The van der Waals surface area contributed by atoms with E-state index in [0.717, 1.165) is 0 Å². The van der Waals surface area contributed by atoms with Crippen LogP contribution in [0.4, 0.5) is 5.69 Å². The summed E-state index contributed by atoms with van der Waals surface area (Å²) in [7, 11) is -0.766. The summed E-state index contributed by atoms with van der Waals surface area (Å²) in [5, 5.41) is 6.03. The Bertz CT molecular complexity index is 1630. The SMILES string of the molecule is COC(=O)C(Nc1ccc(OC)cc1)C(NP(=O)(Oc1c(C)cccc1C)Oc1c(C)cccc1C)(C(=O)OC)c1ccccc1. The molecule has 2 atom stereocenters. The lowest BCUT2D eigenvalue weighted by atomic mass is 9.83. The van der Waals surface area contributed by atoms with Crippen molar-refractivity contribution in [2.24, 2.45) is 0 Å². The van der Waals surface area contributed by atoms with Crippen LogP contribution in [-0.4, -0.2) is 39.3 Å². The highest BCUT2D eigenvalue weighted by Gasteiger charge is 2.58. The first-order chi connectivity index (χ1) is 22.0. The topological polar surface area (TPSA) is 121 Å². The Kier molecular flexibility index (Phi) is 10.8. The van der Waals surface area contributed by atoms with Gasteiger partial charge in [-0.3, -0.25) is 0 Å². The van der Waals surface area contributed by atoms with Gasteiger partial charge in [0.1, 0.15) is 17.2 Å². The maximum atomic E-state index is 15.4. The number of anilines is 1. The summed E-state index contributed by atoms with van der Waals surface area (Å²) in [5.41, 5.74) is 1.14. The maximum absolute atomic E-state index is 15.4. The Balaban J connectivity index is 2.01. The molecule has 0 fully saturated rings. The maximum Gasteiger partial charge on any atom is 0.514 e. The van der Waals surface area contributed by atoms with Crippen LogP contribution >= 0.6 is 7.75 Å². The highest BCUT2D eigenvalue weighted by Crippen LogP contribution is 2.52. The molecular formula is C35H39N2O8P. The number of carbonyl (C=O) groups excluding carboxylic acids is 2. The number of para-hydroxylation sites is 2. The summed E-state index contributed by atoms with van der Waals surface area (Å²) in [6.07, 6.45) is 0. The van der Waals surface area contributed by atoms with E-state index in [4.69, 9.17) is 23.3 Å². The molecule has 0 aromatic heterocycles. The van der Waals surface area contributed by atoms with Gasteiger partial charge in [0.15, 0.2) is 11.6 Å². The van der Waals surface area contributed by atoms with Gasteiger partial charge in [-0.05, 0) is 79.8 Å². The number of ether oxygens (including phenoxy) is 3. The molecular weight excluding hydrogens is 607 g/mol. The average Bonchev–Trinajstić information content (AvgIpc) is 3.06. The molecule has 4 rings (SSSR count). The van der Waals surface area contributed by atoms with Crippen LogP contribution in [0.5, 0.6) is 17.2 Å². The molecule has 2 N–H and O–H groups in total. The lowest BCUT2D eigenvalue weighted by molar-refractivity contribution is -0.156. The Morgan fingerprint density at radius 3 is 1.61 bits per heavy atom. The van der Waals surface area contributed by atoms with E-state index in [2.05, 4.69) is 10.4 Å². The molecule has 0 saturated carbocycles. The Labute approximate surface area is 269 Å². The molecule has 46 heavy (non-hydrogen) atoms. The minimum absolute atomic E-state index is 0.230. The molecule has 0 spiro atoms. The third-order valence-electron chi connectivity index (χ3n) is 7.56. The van der Waals surface area contributed by atoms with Crippen molar-refractivity contribution in [1.82, 2.24) is 5.09 Å². The summed E-state index contributed by atoms with van der Waals surface area (Å²) in [5.74, 6) is -0.661. The van der Waals surface area contributed by atoms with Gasteiger partial charge < -0.3 is 28.6 Å². The number of aryl methyl sites for hydroxylation is 4. The lowest BCUT2D eigenvalue weighted by Gasteiger charge is -2.40. The van der Waals surface area contributed by atoms with Gasteiger partial charge >= 0.3 is 19.7 Å². The highest BCUT2D eigenvalue weighted by molar-refractivity contribution is 7.52. The number of benzene rings is 4. The summed E-state index contributed by atoms with van der Waals surface area (Å²) in [6, 6.07) is 24.4.